The Morgan fingerprint density at radius 1 is 1.24 bits per heavy atom. The van der Waals surface area contributed by atoms with Gasteiger partial charge in [-0.3, -0.25) is 9.89 Å². The molecule has 1 aromatic carbocycles. The Kier molecular flexibility index (Phi) is 3.34. The molecule has 1 aliphatic heterocycles. The minimum atomic E-state index is 0.574. The van der Waals surface area contributed by atoms with E-state index in [-0.39, 0.29) is 0 Å². The third-order valence-electron chi connectivity index (χ3n) is 3.68. The van der Waals surface area contributed by atoms with E-state index in [1.54, 1.807) is 0 Å². The average Bonchev–Trinajstić information content (AvgIpc) is 2.60. The molecule has 17 heavy (non-hydrogen) atoms. The van der Waals surface area contributed by atoms with Crippen molar-refractivity contribution in [1.82, 2.24) is 4.90 Å². The molecule has 0 spiro atoms. The van der Waals surface area contributed by atoms with E-state index in [0.29, 0.717) is 6.04 Å². The fourth-order valence-corrected chi connectivity index (χ4v) is 2.10. The predicted octanol–water partition coefficient (Wildman–Crippen LogP) is 3.27. The van der Waals surface area contributed by atoms with Crippen molar-refractivity contribution in [2.75, 3.05) is 13.6 Å². The van der Waals surface area contributed by atoms with E-state index >= 15 is 0 Å². The molecule has 0 saturated carbocycles. The Hall–Kier alpha value is -1.15. The Labute approximate surface area is 104 Å². The topological polar surface area (TPSA) is 15.6 Å². The maximum absolute atomic E-state index is 4.75. The van der Waals surface area contributed by atoms with E-state index in [1.807, 2.05) is 0 Å². The third-order valence-corrected chi connectivity index (χ3v) is 3.68. The van der Waals surface area contributed by atoms with Crippen LogP contribution in [0.5, 0.6) is 0 Å². The minimum absolute atomic E-state index is 0.574. The zero-order valence-corrected chi connectivity index (χ0v) is 11.5. The molecule has 0 bridgehead atoms. The van der Waals surface area contributed by atoms with Gasteiger partial charge in [0.1, 0.15) is 0 Å². The first-order valence-corrected chi connectivity index (χ1v) is 6.34. The highest BCUT2D eigenvalue weighted by molar-refractivity contribution is 5.95. The summed E-state index contributed by atoms with van der Waals surface area (Å²) in [6.07, 6.45) is 1.02. The number of rotatable bonds is 3. The zero-order valence-electron chi connectivity index (χ0n) is 11.5. The van der Waals surface area contributed by atoms with Crippen molar-refractivity contribution in [2.24, 2.45) is 4.99 Å². The lowest BCUT2D eigenvalue weighted by atomic mass is 10.0. The van der Waals surface area contributed by atoms with Crippen LogP contribution in [-0.2, 0) is 6.42 Å². The van der Waals surface area contributed by atoms with Crippen molar-refractivity contribution in [3.63, 3.8) is 0 Å². The summed E-state index contributed by atoms with van der Waals surface area (Å²) in [4.78, 5) is 7.09. The number of nitrogens with zero attached hydrogens (tertiary/aromatic N) is 2. The summed E-state index contributed by atoms with van der Waals surface area (Å²) in [5.41, 5.74) is 6.57. The summed E-state index contributed by atoms with van der Waals surface area (Å²) in [6.45, 7) is 9.75. The molecule has 0 unspecified atom stereocenters. The van der Waals surface area contributed by atoms with Crippen LogP contribution in [0.4, 0.5) is 5.69 Å². The molecule has 0 N–H and O–H groups in total. The second-order valence-electron chi connectivity index (χ2n) is 5.43. The number of aliphatic imine (C=N–C) groups is 1. The maximum Gasteiger partial charge on any atom is 0.0668 e. The molecule has 1 aliphatic rings. The number of aryl methyl sites for hydroxylation is 2. The van der Waals surface area contributed by atoms with E-state index in [2.05, 4.69) is 51.8 Å². The molecule has 92 valence electrons. The Morgan fingerprint density at radius 3 is 2.53 bits per heavy atom. The van der Waals surface area contributed by atoms with Gasteiger partial charge in [-0.2, -0.15) is 0 Å². The van der Waals surface area contributed by atoms with Crippen LogP contribution < -0.4 is 0 Å². The van der Waals surface area contributed by atoms with Gasteiger partial charge in [0.25, 0.3) is 0 Å². The normalized spacial score (nSPS) is 14.4. The van der Waals surface area contributed by atoms with Crippen molar-refractivity contribution >= 4 is 11.4 Å². The van der Waals surface area contributed by atoms with Crippen LogP contribution in [0.3, 0.4) is 0 Å². The number of hydrogen-bond donors (Lipinski definition) is 0. The largest absolute Gasteiger partial charge is 0.298 e. The lowest BCUT2D eigenvalue weighted by Gasteiger charge is -2.20. The molecule has 0 saturated heterocycles. The van der Waals surface area contributed by atoms with Crippen LogP contribution >= 0.6 is 0 Å². The fourth-order valence-electron chi connectivity index (χ4n) is 2.10. The van der Waals surface area contributed by atoms with Crippen molar-refractivity contribution in [3.05, 3.63) is 28.8 Å². The molecular weight excluding hydrogens is 208 g/mol. The predicted molar refractivity (Wildman–Crippen MR) is 74.5 cm³/mol. The van der Waals surface area contributed by atoms with Gasteiger partial charge < -0.3 is 0 Å². The molecule has 2 heteroatoms. The van der Waals surface area contributed by atoms with Gasteiger partial charge in [-0.15, -0.1) is 0 Å². The van der Waals surface area contributed by atoms with Gasteiger partial charge in [-0.05, 0) is 57.5 Å². The number of hydrogen-bond acceptors (Lipinski definition) is 2. The standard InChI is InChI=1S/C15H22N2/c1-10(2)17(5)9-14-8-13-6-11(3)12(4)7-15(13)16-14/h6-7,10H,8-9H2,1-5H3. The summed E-state index contributed by atoms with van der Waals surface area (Å²) in [6, 6.07) is 5.08. The summed E-state index contributed by atoms with van der Waals surface area (Å²) < 4.78 is 0. The van der Waals surface area contributed by atoms with Crippen LogP contribution in [0.1, 0.15) is 30.5 Å². The lowest BCUT2D eigenvalue weighted by Crippen LogP contribution is -2.31. The Morgan fingerprint density at radius 2 is 1.88 bits per heavy atom. The quantitative estimate of drug-likeness (QED) is 0.778. The second-order valence-corrected chi connectivity index (χ2v) is 5.43. The van der Waals surface area contributed by atoms with Gasteiger partial charge in [-0.1, -0.05) is 6.07 Å². The van der Waals surface area contributed by atoms with Crippen molar-refractivity contribution in [2.45, 2.75) is 40.2 Å². The molecule has 0 radical (unpaired) electrons. The fraction of sp³-hybridized carbons (Fsp3) is 0.533. The van der Waals surface area contributed by atoms with E-state index in [1.165, 1.54) is 28.1 Å². The highest BCUT2D eigenvalue weighted by atomic mass is 15.1. The SMILES string of the molecule is Cc1cc2c(cc1C)N=C(CN(C)C(C)C)C2. The van der Waals surface area contributed by atoms with Crippen LogP contribution in [-0.4, -0.2) is 30.2 Å². The first kappa shape index (κ1) is 12.3. The third kappa shape index (κ3) is 2.58. The van der Waals surface area contributed by atoms with E-state index < -0.39 is 0 Å². The summed E-state index contributed by atoms with van der Waals surface area (Å²) >= 11 is 0. The minimum Gasteiger partial charge on any atom is -0.298 e. The zero-order chi connectivity index (χ0) is 12.6. The number of fused-ring (bicyclic) bond motifs is 1. The first-order chi connectivity index (χ1) is 7.97. The van der Waals surface area contributed by atoms with Crippen LogP contribution in [0, 0.1) is 13.8 Å². The van der Waals surface area contributed by atoms with Crippen LogP contribution in [0.25, 0.3) is 0 Å². The molecule has 1 aromatic rings. The molecule has 0 fully saturated rings. The molecule has 0 aromatic heterocycles. The number of benzene rings is 1. The molecule has 1 heterocycles. The average molecular weight is 230 g/mol. The second kappa shape index (κ2) is 4.61. The van der Waals surface area contributed by atoms with Gasteiger partial charge in [0.2, 0.25) is 0 Å². The van der Waals surface area contributed by atoms with E-state index in [9.17, 15) is 0 Å². The highest BCUT2D eigenvalue weighted by Crippen LogP contribution is 2.29. The van der Waals surface area contributed by atoms with Crippen molar-refractivity contribution in [1.29, 1.82) is 0 Å². The monoisotopic (exact) mass is 230 g/mol. The molecular formula is C15H22N2. The van der Waals surface area contributed by atoms with Gasteiger partial charge in [-0.25, -0.2) is 0 Å². The first-order valence-electron chi connectivity index (χ1n) is 6.34. The summed E-state index contributed by atoms with van der Waals surface area (Å²) in [7, 11) is 2.16. The van der Waals surface area contributed by atoms with Gasteiger partial charge in [0.15, 0.2) is 0 Å². The van der Waals surface area contributed by atoms with Crippen molar-refractivity contribution < 1.29 is 0 Å². The van der Waals surface area contributed by atoms with Gasteiger partial charge in [0.05, 0.1) is 5.69 Å². The van der Waals surface area contributed by atoms with Crippen molar-refractivity contribution in [3.8, 4) is 0 Å². The highest BCUT2D eigenvalue weighted by Gasteiger charge is 2.17. The Bertz CT molecular complexity index is 458. The van der Waals surface area contributed by atoms with E-state index in [4.69, 9.17) is 4.99 Å². The maximum atomic E-state index is 4.75. The molecule has 2 nitrogen and oxygen atoms in total. The van der Waals surface area contributed by atoms with Gasteiger partial charge in [0, 0.05) is 24.7 Å². The lowest BCUT2D eigenvalue weighted by molar-refractivity contribution is 0.311. The summed E-state index contributed by atoms with van der Waals surface area (Å²) in [5.74, 6) is 0. The molecule has 0 aliphatic carbocycles. The Balaban J connectivity index is 2.15. The van der Waals surface area contributed by atoms with Crippen LogP contribution in [0.15, 0.2) is 17.1 Å². The molecule has 0 amide bonds. The van der Waals surface area contributed by atoms with E-state index in [0.717, 1.165) is 13.0 Å². The molecule has 2 rings (SSSR count). The van der Waals surface area contributed by atoms with Gasteiger partial charge >= 0.3 is 0 Å². The smallest absolute Gasteiger partial charge is 0.0668 e. The molecule has 0 atom stereocenters. The van der Waals surface area contributed by atoms with Crippen LogP contribution in [0.2, 0.25) is 0 Å². The summed E-state index contributed by atoms with van der Waals surface area (Å²) in [5, 5.41) is 0.